The topological polar surface area (TPSA) is 63.2 Å². The Morgan fingerprint density at radius 2 is 1.63 bits per heavy atom. The van der Waals surface area contributed by atoms with Crippen molar-refractivity contribution in [1.29, 1.82) is 0 Å². The Morgan fingerprint density at radius 3 is 2.26 bits per heavy atom. The number of carbonyl (C=O) groups excluding carboxylic acids is 3. The average molecular weight is 265 g/mol. The first-order valence-electron chi connectivity index (χ1n) is 7.32. The van der Waals surface area contributed by atoms with E-state index in [9.17, 15) is 14.4 Å². The van der Waals surface area contributed by atoms with Crippen molar-refractivity contribution >= 4 is 17.6 Å². The molecule has 0 aromatic heterocycles. The maximum Gasteiger partial charge on any atom is 0.226 e. The molecule has 2 fully saturated rings. The molecule has 2 rings (SSSR count). The molecule has 2 aliphatic rings. The largest absolute Gasteiger partial charge is 0.299 e. The van der Waals surface area contributed by atoms with Crippen LogP contribution in [0.3, 0.4) is 0 Å². The highest BCUT2D eigenvalue weighted by atomic mass is 16.2. The molecule has 2 amide bonds. The van der Waals surface area contributed by atoms with Gasteiger partial charge in [-0.15, -0.1) is 0 Å². The van der Waals surface area contributed by atoms with Crippen molar-refractivity contribution in [1.82, 2.24) is 5.32 Å². The number of imide groups is 1. The molecule has 3 unspecified atom stereocenters. The Kier molecular flexibility index (Phi) is 4.38. The smallest absolute Gasteiger partial charge is 0.226 e. The molecule has 0 aromatic rings. The molecule has 0 aromatic carbocycles. The minimum atomic E-state index is -0.169. The minimum Gasteiger partial charge on any atom is -0.299 e. The molecule has 3 atom stereocenters. The van der Waals surface area contributed by atoms with E-state index in [0.29, 0.717) is 24.5 Å². The van der Waals surface area contributed by atoms with Crippen molar-refractivity contribution in [2.45, 2.75) is 52.4 Å². The van der Waals surface area contributed by atoms with Crippen LogP contribution in [0.25, 0.3) is 0 Å². The fourth-order valence-electron chi connectivity index (χ4n) is 3.58. The van der Waals surface area contributed by atoms with Crippen molar-refractivity contribution in [3.8, 4) is 0 Å². The fourth-order valence-corrected chi connectivity index (χ4v) is 3.58. The van der Waals surface area contributed by atoms with Crippen molar-refractivity contribution in [2.75, 3.05) is 0 Å². The van der Waals surface area contributed by atoms with Gasteiger partial charge in [-0.2, -0.15) is 0 Å². The molecular formula is C15H23NO3. The van der Waals surface area contributed by atoms with Gasteiger partial charge in [0.05, 0.1) is 0 Å². The van der Waals surface area contributed by atoms with Crippen LogP contribution in [-0.4, -0.2) is 17.6 Å². The Morgan fingerprint density at radius 1 is 1.00 bits per heavy atom. The Hall–Kier alpha value is -1.19. The SMILES string of the molecule is CC1CC(C)C(=O)C(CCC2CC(=O)NC(=O)C2)C1. The van der Waals surface area contributed by atoms with Crippen LogP contribution < -0.4 is 5.32 Å². The van der Waals surface area contributed by atoms with E-state index in [2.05, 4.69) is 12.2 Å². The first-order chi connectivity index (χ1) is 8.95. The lowest BCUT2D eigenvalue weighted by atomic mass is 9.73. The quantitative estimate of drug-likeness (QED) is 0.795. The predicted octanol–water partition coefficient (Wildman–Crippen LogP) is 2.07. The molecule has 1 saturated heterocycles. The number of rotatable bonds is 3. The van der Waals surface area contributed by atoms with Crippen LogP contribution in [0.1, 0.15) is 52.4 Å². The molecular weight excluding hydrogens is 242 g/mol. The van der Waals surface area contributed by atoms with Gasteiger partial charge in [-0.25, -0.2) is 0 Å². The highest BCUT2D eigenvalue weighted by Gasteiger charge is 2.33. The zero-order valence-electron chi connectivity index (χ0n) is 11.8. The third-order valence-electron chi connectivity index (χ3n) is 4.48. The zero-order valence-corrected chi connectivity index (χ0v) is 11.8. The van der Waals surface area contributed by atoms with E-state index in [-0.39, 0.29) is 29.6 Å². The summed E-state index contributed by atoms with van der Waals surface area (Å²) in [5, 5.41) is 2.33. The second kappa shape index (κ2) is 5.85. The summed E-state index contributed by atoms with van der Waals surface area (Å²) in [6, 6.07) is 0. The van der Waals surface area contributed by atoms with Gasteiger partial charge in [-0.3, -0.25) is 19.7 Å². The maximum atomic E-state index is 12.1. The van der Waals surface area contributed by atoms with Crippen LogP contribution in [0.15, 0.2) is 0 Å². The normalized spacial score (nSPS) is 33.4. The Balaban J connectivity index is 1.85. The van der Waals surface area contributed by atoms with Crippen LogP contribution in [0.2, 0.25) is 0 Å². The van der Waals surface area contributed by atoms with Gasteiger partial charge >= 0.3 is 0 Å². The third-order valence-corrected chi connectivity index (χ3v) is 4.48. The number of Topliss-reactive ketones (excluding diaryl/α,β-unsaturated/α-hetero) is 1. The lowest BCUT2D eigenvalue weighted by Gasteiger charge is -2.31. The van der Waals surface area contributed by atoms with Crippen LogP contribution in [0.4, 0.5) is 0 Å². The van der Waals surface area contributed by atoms with Crippen molar-refractivity contribution in [3.63, 3.8) is 0 Å². The van der Waals surface area contributed by atoms with Gasteiger partial charge in [0, 0.05) is 24.7 Å². The number of piperidine rings is 1. The van der Waals surface area contributed by atoms with Crippen molar-refractivity contribution in [2.24, 2.45) is 23.7 Å². The van der Waals surface area contributed by atoms with Gasteiger partial charge < -0.3 is 0 Å². The van der Waals surface area contributed by atoms with E-state index in [1.807, 2.05) is 6.92 Å². The van der Waals surface area contributed by atoms with Crippen molar-refractivity contribution < 1.29 is 14.4 Å². The molecule has 0 spiro atoms. The third kappa shape index (κ3) is 3.64. The zero-order chi connectivity index (χ0) is 14.0. The first-order valence-corrected chi connectivity index (χ1v) is 7.32. The van der Waals surface area contributed by atoms with Gasteiger partial charge in [0.25, 0.3) is 0 Å². The summed E-state index contributed by atoms with van der Waals surface area (Å²) >= 11 is 0. The summed E-state index contributed by atoms with van der Waals surface area (Å²) in [4.78, 5) is 34.7. The monoisotopic (exact) mass is 265 g/mol. The van der Waals surface area contributed by atoms with Crippen LogP contribution >= 0.6 is 0 Å². The molecule has 0 bridgehead atoms. The summed E-state index contributed by atoms with van der Waals surface area (Å²) in [6.07, 6.45) is 4.47. The lowest BCUT2D eigenvalue weighted by Crippen LogP contribution is -2.39. The van der Waals surface area contributed by atoms with Crippen LogP contribution in [-0.2, 0) is 14.4 Å². The number of hydrogen-bond acceptors (Lipinski definition) is 3. The number of nitrogens with one attached hydrogen (secondary N) is 1. The van der Waals surface area contributed by atoms with Gasteiger partial charge in [-0.05, 0) is 37.5 Å². The minimum absolute atomic E-state index is 0.126. The number of hydrogen-bond donors (Lipinski definition) is 1. The summed E-state index contributed by atoms with van der Waals surface area (Å²) < 4.78 is 0. The molecule has 1 N–H and O–H groups in total. The molecule has 4 nitrogen and oxygen atoms in total. The fraction of sp³-hybridized carbons (Fsp3) is 0.800. The maximum absolute atomic E-state index is 12.1. The second-order valence-corrected chi connectivity index (χ2v) is 6.40. The first kappa shape index (κ1) is 14.2. The van der Waals surface area contributed by atoms with Gasteiger partial charge in [-0.1, -0.05) is 13.8 Å². The second-order valence-electron chi connectivity index (χ2n) is 6.40. The molecule has 1 aliphatic heterocycles. The van der Waals surface area contributed by atoms with Crippen LogP contribution in [0, 0.1) is 23.7 Å². The molecule has 1 heterocycles. The van der Waals surface area contributed by atoms with E-state index in [0.717, 1.165) is 25.7 Å². The molecule has 4 heteroatoms. The number of amides is 2. The Labute approximate surface area is 114 Å². The standard InChI is InChI=1S/C15H23NO3/c1-9-5-10(2)15(19)12(6-9)4-3-11-7-13(17)16-14(18)8-11/h9-12H,3-8H2,1-2H3,(H,16,17,18). The summed E-state index contributed by atoms with van der Waals surface area (Å²) in [5.74, 6) is 1.08. The lowest BCUT2D eigenvalue weighted by molar-refractivity contribution is -0.134. The molecule has 0 radical (unpaired) electrons. The molecule has 106 valence electrons. The predicted molar refractivity (Wildman–Crippen MR) is 71.2 cm³/mol. The van der Waals surface area contributed by atoms with Crippen molar-refractivity contribution in [3.05, 3.63) is 0 Å². The van der Waals surface area contributed by atoms with Gasteiger partial charge in [0.1, 0.15) is 5.78 Å². The molecule has 19 heavy (non-hydrogen) atoms. The summed E-state index contributed by atoms with van der Waals surface area (Å²) in [5.41, 5.74) is 0. The van der Waals surface area contributed by atoms with E-state index in [1.54, 1.807) is 0 Å². The number of carbonyl (C=O) groups is 3. The summed E-state index contributed by atoms with van der Waals surface area (Å²) in [6.45, 7) is 4.22. The molecule has 1 saturated carbocycles. The molecule has 1 aliphatic carbocycles. The highest BCUT2D eigenvalue weighted by molar-refractivity contribution is 5.97. The Bertz CT molecular complexity index is 375. The van der Waals surface area contributed by atoms with E-state index in [1.165, 1.54) is 0 Å². The number of ketones is 1. The average Bonchev–Trinajstić information content (AvgIpc) is 2.30. The van der Waals surface area contributed by atoms with E-state index in [4.69, 9.17) is 0 Å². The van der Waals surface area contributed by atoms with Gasteiger partial charge in [0.15, 0.2) is 0 Å². The van der Waals surface area contributed by atoms with Gasteiger partial charge in [0.2, 0.25) is 11.8 Å². The highest BCUT2D eigenvalue weighted by Crippen LogP contribution is 2.34. The van der Waals surface area contributed by atoms with Crippen LogP contribution in [0.5, 0.6) is 0 Å². The van der Waals surface area contributed by atoms with E-state index < -0.39 is 0 Å². The van der Waals surface area contributed by atoms with E-state index >= 15 is 0 Å². The summed E-state index contributed by atoms with van der Waals surface area (Å²) in [7, 11) is 0.